The third-order valence-electron chi connectivity index (χ3n) is 6.26. The standard InChI is InChI=1S/C24H25N3O3/c1-17-5-3-4-6-20(17)23(28)26-12-11-24(15-26)16-27-21(13-25-22(27)14-30-24)18-7-9-19(29-2)10-8-18/h3-10,13H,11-12,14-16H2,1-2H3/t24-/m1/s1. The summed E-state index contributed by atoms with van der Waals surface area (Å²) in [5, 5.41) is 0. The van der Waals surface area contributed by atoms with E-state index in [1.165, 1.54) is 0 Å². The minimum absolute atomic E-state index is 0.0837. The molecule has 6 nitrogen and oxygen atoms in total. The van der Waals surface area contributed by atoms with Gasteiger partial charge in [-0.3, -0.25) is 4.79 Å². The number of hydrogen-bond donors (Lipinski definition) is 0. The number of hydrogen-bond acceptors (Lipinski definition) is 4. The molecule has 3 aromatic rings. The molecule has 3 heterocycles. The average molecular weight is 403 g/mol. The molecule has 0 N–H and O–H groups in total. The highest BCUT2D eigenvalue weighted by atomic mass is 16.5. The highest BCUT2D eigenvalue weighted by molar-refractivity contribution is 5.95. The number of amides is 1. The van der Waals surface area contributed by atoms with Crippen molar-refractivity contribution in [3.05, 3.63) is 71.7 Å². The van der Waals surface area contributed by atoms with Crippen molar-refractivity contribution in [3.8, 4) is 17.0 Å². The first kappa shape index (κ1) is 18.9. The van der Waals surface area contributed by atoms with Crippen LogP contribution in [0.2, 0.25) is 0 Å². The van der Waals surface area contributed by atoms with Gasteiger partial charge in [0.1, 0.15) is 23.8 Å². The van der Waals surface area contributed by atoms with Gasteiger partial charge in [-0.2, -0.15) is 0 Å². The number of aromatic nitrogens is 2. The lowest BCUT2D eigenvalue weighted by atomic mass is 10.0. The van der Waals surface area contributed by atoms with Gasteiger partial charge in [0.2, 0.25) is 0 Å². The molecule has 1 fully saturated rings. The summed E-state index contributed by atoms with van der Waals surface area (Å²) in [4.78, 5) is 19.6. The third-order valence-corrected chi connectivity index (χ3v) is 6.26. The number of aryl methyl sites for hydroxylation is 1. The number of rotatable bonds is 3. The van der Waals surface area contributed by atoms with Crippen LogP contribution in [0.4, 0.5) is 0 Å². The van der Waals surface area contributed by atoms with E-state index in [0.29, 0.717) is 26.2 Å². The van der Waals surface area contributed by atoms with Gasteiger partial charge in [-0.15, -0.1) is 0 Å². The van der Waals surface area contributed by atoms with Gasteiger partial charge in [-0.25, -0.2) is 4.98 Å². The van der Waals surface area contributed by atoms with Gasteiger partial charge in [0, 0.05) is 17.7 Å². The molecule has 2 aromatic carbocycles. The predicted molar refractivity (Wildman–Crippen MR) is 113 cm³/mol. The molecule has 1 aromatic heterocycles. The van der Waals surface area contributed by atoms with Crippen molar-refractivity contribution in [2.24, 2.45) is 0 Å². The van der Waals surface area contributed by atoms with Crippen LogP contribution in [0, 0.1) is 6.92 Å². The number of carbonyl (C=O) groups excluding carboxylic acids is 1. The van der Waals surface area contributed by atoms with Crippen molar-refractivity contribution in [2.75, 3.05) is 20.2 Å². The molecule has 1 spiro atoms. The van der Waals surface area contributed by atoms with Crippen LogP contribution in [-0.4, -0.2) is 46.2 Å². The van der Waals surface area contributed by atoms with Gasteiger partial charge >= 0.3 is 0 Å². The fraction of sp³-hybridized carbons (Fsp3) is 0.333. The van der Waals surface area contributed by atoms with Crippen molar-refractivity contribution in [2.45, 2.75) is 32.1 Å². The third kappa shape index (κ3) is 3.17. The molecule has 30 heavy (non-hydrogen) atoms. The van der Waals surface area contributed by atoms with Crippen LogP contribution in [0.3, 0.4) is 0 Å². The first-order valence-electron chi connectivity index (χ1n) is 10.3. The summed E-state index contributed by atoms with van der Waals surface area (Å²) in [6.07, 6.45) is 2.73. The maximum atomic E-state index is 13.1. The Hall–Kier alpha value is -3.12. The topological polar surface area (TPSA) is 56.6 Å². The summed E-state index contributed by atoms with van der Waals surface area (Å²) in [5.41, 5.74) is 3.57. The second-order valence-corrected chi connectivity index (χ2v) is 8.14. The van der Waals surface area contributed by atoms with E-state index in [-0.39, 0.29) is 11.5 Å². The monoisotopic (exact) mass is 403 g/mol. The van der Waals surface area contributed by atoms with Gasteiger partial charge in [-0.1, -0.05) is 18.2 Å². The first-order chi connectivity index (χ1) is 14.6. The lowest BCUT2D eigenvalue weighted by Gasteiger charge is -2.35. The van der Waals surface area contributed by atoms with Gasteiger partial charge in [0.05, 0.1) is 32.1 Å². The van der Waals surface area contributed by atoms with Crippen LogP contribution < -0.4 is 4.74 Å². The molecule has 1 saturated heterocycles. The van der Waals surface area contributed by atoms with E-state index in [2.05, 4.69) is 9.55 Å². The SMILES string of the molecule is COc1ccc(-c2cnc3n2C[C@]2(CCN(C(=O)c4ccccc4C)C2)OC3)cc1. The zero-order chi connectivity index (χ0) is 20.7. The fourth-order valence-electron chi connectivity index (χ4n) is 4.50. The van der Waals surface area contributed by atoms with Crippen LogP contribution >= 0.6 is 0 Å². The van der Waals surface area contributed by atoms with Crippen molar-refractivity contribution in [1.29, 1.82) is 0 Å². The Morgan fingerprint density at radius 3 is 2.70 bits per heavy atom. The molecule has 2 aliphatic heterocycles. The molecule has 1 amide bonds. The average Bonchev–Trinajstić information content (AvgIpc) is 3.38. The molecule has 1 atom stereocenters. The van der Waals surface area contributed by atoms with E-state index >= 15 is 0 Å². The first-order valence-corrected chi connectivity index (χ1v) is 10.3. The van der Waals surface area contributed by atoms with Crippen LogP contribution in [0.1, 0.15) is 28.2 Å². The fourth-order valence-corrected chi connectivity index (χ4v) is 4.50. The minimum Gasteiger partial charge on any atom is -0.497 e. The largest absolute Gasteiger partial charge is 0.497 e. The van der Waals surface area contributed by atoms with E-state index in [9.17, 15) is 4.79 Å². The normalized spacial score (nSPS) is 20.4. The van der Waals surface area contributed by atoms with Gasteiger partial charge in [-0.05, 0) is 49.2 Å². The zero-order valence-corrected chi connectivity index (χ0v) is 17.3. The number of ether oxygens (including phenoxy) is 2. The molecule has 0 unspecified atom stereocenters. The Morgan fingerprint density at radius 1 is 1.13 bits per heavy atom. The number of fused-ring (bicyclic) bond motifs is 1. The number of methoxy groups -OCH3 is 1. The van der Waals surface area contributed by atoms with Gasteiger partial charge in [0.25, 0.3) is 5.91 Å². The molecule has 2 aliphatic rings. The maximum absolute atomic E-state index is 13.1. The molecular formula is C24H25N3O3. The second-order valence-electron chi connectivity index (χ2n) is 8.14. The Kier molecular flexibility index (Phi) is 4.59. The Labute approximate surface area is 176 Å². The number of imidazole rings is 1. The molecule has 6 heteroatoms. The summed E-state index contributed by atoms with van der Waals surface area (Å²) in [5.74, 6) is 1.84. The zero-order valence-electron chi connectivity index (χ0n) is 17.3. The van der Waals surface area contributed by atoms with Crippen LogP contribution in [0.15, 0.2) is 54.7 Å². The maximum Gasteiger partial charge on any atom is 0.254 e. The van der Waals surface area contributed by atoms with Crippen LogP contribution in [0.25, 0.3) is 11.3 Å². The minimum atomic E-state index is -0.368. The Bertz CT molecular complexity index is 1090. The molecule has 0 radical (unpaired) electrons. The smallest absolute Gasteiger partial charge is 0.254 e. The van der Waals surface area contributed by atoms with Crippen molar-refractivity contribution in [3.63, 3.8) is 0 Å². The number of benzene rings is 2. The summed E-state index contributed by atoms with van der Waals surface area (Å²) < 4.78 is 13.8. The number of likely N-dealkylation sites (tertiary alicyclic amines) is 1. The van der Waals surface area contributed by atoms with E-state index in [1.807, 2.05) is 66.6 Å². The molecule has 5 rings (SSSR count). The van der Waals surface area contributed by atoms with Gasteiger partial charge < -0.3 is 18.9 Å². The highest BCUT2D eigenvalue weighted by Gasteiger charge is 2.44. The van der Waals surface area contributed by atoms with E-state index in [0.717, 1.165) is 40.4 Å². The second kappa shape index (κ2) is 7.29. The van der Waals surface area contributed by atoms with Crippen molar-refractivity contribution >= 4 is 5.91 Å². The molecular weight excluding hydrogens is 378 g/mol. The lowest BCUT2D eigenvalue weighted by Crippen LogP contribution is -2.45. The van der Waals surface area contributed by atoms with Gasteiger partial charge in [0.15, 0.2) is 0 Å². The number of carbonyl (C=O) groups is 1. The van der Waals surface area contributed by atoms with E-state index in [1.54, 1.807) is 7.11 Å². The predicted octanol–water partition coefficient (Wildman–Crippen LogP) is 3.68. The molecule has 0 saturated carbocycles. The Morgan fingerprint density at radius 2 is 1.93 bits per heavy atom. The number of nitrogens with zero attached hydrogens (tertiary/aromatic N) is 3. The Balaban J connectivity index is 1.38. The lowest BCUT2D eigenvalue weighted by molar-refractivity contribution is -0.0804. The van der Waals surface area contributed by atoms with Crippen LogP contribution in [-0.2, 0) is 17.9 Å². The van der Waals surface area contributed by atoms with Crippen LogP contribution in [0.5, 0.6) is 5.75 Å². The summed E-state index contributed by atoms with van der Waals surface area (Å²) >= 11 is 0. The van der Waals surface area contributed by atoms with Crippen molar-refractivity contribution in [1.82, 2.24) is 14.5 Å². The molecule has 0 bridgehead atoms. The molecule has 0 aliphatic carbocycles. The molecule has 154 valence electrons. The summed E-state index contributed by atoms with van der Waals surface area (Å²) in [7, 11) is 1.67. The summed E-state index contributed by atoms with van der Waals surface area (Å²) in [6, 6.07) is 15.8. The van der Waals surface area contributed by atoms with E-state index < -0.39 is 0 Å². The van der Waals surface area contributed by atoms with Crippen molar-refractivity contribution < 1.29 is 14.3 Å². The quantitative estimate of drug-likeness (QED) is 0.669. The summed E-state index contributed by atoms with van der Waals surface area (Å²) in [6.45, 7) is 4.44. The van der Waals surface area contributed by atoms with E-state index in [4.69, 9.17) is 9.47 Å². The highest BCUT2D eigenvalue weighted by Crippen LogP contribution is 2.36.